The smallest absolute Gasteiger partial charge is 0.422 e. The van der Waals surface area contributed by atoms with Gasteiger partial charge in [0.2, 0.25) is 11.7 Å². The molecule has 0 spiro atoms. The number of aliphatic imine (C=N–C) groups is 1. The van der Waals surface area contributed by atoms with Crippen LogP contribution < -0.4 is 5.32 Å². The maximum absolute atomic E-state index is 12.9. The van der Waals surface area contributed by atoms with Crippen LogP contribution in [0.3, 0.4) is 0 Å². The molecule has 8 heteroatoms. The molecule has 1 aliphatic heterocycles. The molecule has 0 bridgehead atoms. The minimum Gasteiger partial charge on any atom is -0.449 e. The van der Waals surface area contributed by atoms with Crippen LogP contribution in [0.2, 0.25) is 0 Å². The second-order valence-electron chi connectivity index (χ2n) is 7.00. The van der Waals surface area contributed by atoms with Crippen LogP contribution in [0.4, 0.5) is 4.79 Å². The average Bonchev–Trinajstić information content (AvgIpc) is 2.89. The minimum atomic E-state index is -0.998. The maximum Gasteiger partial charge on any atom is 0.422 e. The first-order valence-corrected chi connectivity index (χ1v) is 8.79. The monoisotopic (exact) mass is 357 g/mol. The SMILES string of the molecule is CCOC(=O)N1SC(C(C)(C)C)=NC1C(=O)C(NC(C)=O)C(C)C. The molecule has 0 saturated carbocycles. The lowest BCUT2D eigenvalue weighted by Crippen LogP contribution is -2.51. The van der Waals surface area contributed by atoms with Gasteiger partial charge in [-0.1, -0.05) is 34.6 Å². The van der Waals surface area contributed by atoms with Crippen LogP contribution in [0, 0.1) is 11.3 Å². The van der Waals surface area contributed by atoms with Crippen LogP contribution >= 0.6 is 11.9 Å². The third-order valence-electron chi connectivity index (χ3n) is 3.32. The zero-order valence-electron chi connectivity index (χ0n) is 15.4. The predicted octanol–water partition coefficient (Wildman–Crippen LogP) is 2.61. The molecule has 0 aromatic rings. The highest BCUT2D eigenvalue weighted by Gasteiger charge is 2.44. The molecule has 24 heavy (non-hydrogen) atoms. The van der Waals surface area contributed by atoms with E-state index in [1.807, 2.05) is 34.6 Å². The van der Waals surface area contributed by atoms with E-state index in [0.29, 0.717) is 5.04 Å². The molecule has 7 nitrogen and oxygen atoms in total. The van der Waals surface area contributed by atoms with Gasteiger partial charge in [-0.15, -0.1) is 0 Å². The van der Waals surface area contributed by atoms with E-state index < -0.39 is 18.3 Å². The molecule has 1 rings (SSSR count). The number of carbonyl (C=O) groups excluding carboxylic acids is 3. The highest BCUT2D eigenvalue weighted by molar-refractivity contribution is 8.12. The molecule has 2 amide bonds. The molecule has 2 unspecified atom stereocenters. The number of ketones is 1. The maximum atomic E-state index is 12.9. The van der Waals surface area contributed by atoms with Crippen molar-refractivity contribution in [1.29, 1.82) is 0 Å². The molecule has 136 valence electrons. The van der Waals surface area contributed by atoms with Crippen LogP contribution in [-0.4, -0.2) is 45.9 Å². The summed E-state index contributed by atoms with van der Waals surface area (Å²) in [6.07, 6.45) is -1.60. The quantitative estimate of drug-likeness (QED) is 0.764. The number of ether oxygens (including phenoxy) is 1. The summed E-state index contributed by atoms with van der Waals surface area (Å²) in [6, 6.07) is -0.715. The fourth-order valence-electron chi connectivity index (χ4n) is 2.11. The summed E-state index contributed by atoms with van der Waals surface area (Å²) in [7, 11) is 0. The molecule has 2 atom stereocenters. The molecule has 0 aliphatic carbocycles. The summed E-state index contributed by atoms with van der Waals surface area (Å²) >= 11 is 1.13. The second-order valence-corrected chi connectivity index (χ2v) is 7.96. The zero-order valence-corrected chi connectivity index (χ0v) is 16.2. The molecule has 1 heterocycles. The van der Waals surface area contributed by atoms with Gasteiger partial charge in [0.15, 0.2) is 6.17 Å². The molecule has 0 fully saturated rings. The third-order valence-corrected chi connectivity index (χ3v) is 4.76. The van der Waals surface area contributed by atoms with Crippen molar-refractivity contribution >= 4 is 34.8 Å². The Morgan fingerprint density at radius 2 is 1.92 bits per heavy atom. The van der Waals surface area contributed by atoms with Crippen LogP contribution in [0.15, 0.2) is 4.99 Å². The number of rotatable bonds is 5. The predicted molar refractivity (Wildman–Crippen MR) is 94.6 cm³/mol. The summed E-state index contributed by atoms with van der Waals surface area (Å²) in [5.41, 5.74) is -0.300. The third kappa shape index (κ3) is 4.96. The summed E-state index contributed by atoms with van der Waals surface area (Å²) in [6.45, 7) is 12.8. The number of Topliss-reactive ketones (excluding diaryl/α,β-unsaturated/α-hetero) is 1. The van der Waals surface area contributed by atoms with Crippen LogP contribution in [0.5, 0.6) is 0 Å². The van der Waals surface area contributed by atoms with E-state index in [9.17, 15) is 14.4 Å². The molecule has 0 aromatic carbocycles. The Morgan fingerprint density at radius 3 is 2.33 bits per heavy atom. The average molecular weight is 357 g/mol. The molecule has 0 radical (unpaired) electrons. The van der Waals surface area contributed by atoms with Crippen molar-refractivity contribution in [2.45, 2.75) is 60.7 Å². The summed E-state index contributed by atoms with van der Waals surface area (Å²) < 4.78 is 6.30. The van der Waals surface area contributed by atoms with Gasteiger partial charge in [0.1, 0.15) is 0 Å². The number of hydrogen-bond acceptors (Lipinski definition) is 6. The number of nitrogens with zero attached hydrogens (tertiary/aromatic N) is 2. The van der Waals surface area contributed by atoms with Gasteiger partial charge in [-0.3, -0.25) is 9.59 Å². The molecule has 1 aliphatic rings. The lowest BCUT2D eigenvalue weighted by atomic mass is 9.96. The van der Waals surface area contributed by atoms with Gasteiger partial charge in [0.05, 0.1) is 17.7 Å². The lowest BCUT2D eigenvalue weighted by Gasteiger charge is -2.26. The van der Waals surface area contributed by atoms with Crippen molar-refractivity contribution in [3.8, 4) is 0 Å². The molecule has 0 aromatic heterocycles. The molecular weight excluding hydrogens is 330 g/mol. The highest BCUT2D eigenvalue weighted by atomic mass is 32.2. The molecular formula is C16H27N3O4S. The lowest BCUT2D eigenvalue weighted by molar-refractivity contribution is -0.129. The Balaban J connectivity index is 3.15. The summed E-state index contributed by atoms with van der Waals surface area (Å²) in [4.78, 5) is 41.0. The highest BCUT2D eigenvalue weighted by Crippen LogP contribution is 2.36. The Morgan fingerprint density at radius 1 is 1.33 bits per heavy atom. The summed E-state index contributed by atoms with van der Waals surface area (Å²) in [5.74, 6) is -0.736. The van der Waals surface area contributed by atoms with Crippen molar-refractivity contribution in [1.82, 2.24) is 9.62 Å². The number of amides is 2. The first-order chi connectivity index (χ1) is 11.0. The van der Waals surface area contributed by atoms with E-state index in [-0.39, 0.29) is 29.6 Å². The van der Waals surface area contributed by atoms with Gasteiger partial charge in [0, 0.05) is 24.3 Å². The first-order valence-electron chi connectivity index (χ1n) is 8.02. The Kier molecular flexibility index (Phi) is 6.83. The van der Waals surface area contributed by atoms with Gasteiger partial charge in [0.25, 0.3) is 0 Å². The molecule has 1 N–H and O–H groups in total. The van der Waals surface area contributed by atoms with Crippen LogP contribution in [0.25, 0.3) is 0 Å². The van der Waals surface area contributed by atoms with E-state index >= 15 is 0 Å². The number of nitrogens with one attached hydrogen (secondary N) is 1. The molecule has 0 saturated heterocycles. The van der Waals surface area contributed by atoms with Crippen molar-refractivity contribution in [3.63, 3.8) is 0 Å². The van der Waals surface area contributed by atoms with Crippen LogP contribution in [0.1, 0.15) is 48.5 Å². The number of carbonyl (C=O) groups is 3. The fourth-order valence-corrected chi connectivity index (χ4v) is 3.10. The van der Waals surface area contributed by atoms with E-state index in [4.69, 9.17) is 4.74 Å². The van der Waals surface area contributed by atoms with Crippen molar-refractivity contribution < 1.29 is 19.1 Å². The van der Waals surface area contributed by atoms with Crippen molar-refractivity contribution in [2.24, 2.45) is 16.3 Å². The van der Waals surface area contributed by atoms with E-state index in [1.54, 1.807) is 6.92 Å². The van der Waals surface area contributed by atoms with E-state index in [2.05, 4.69) is 10.3 Å². The van der Waals surface area contributed by atoms with Gasteiger partial charge in [-0.2, -0.15) is 0 Å². The normalized spacial score (nSPS) is 19.1. The Bertz CT molecular complexity index is 540. The first kappa shape index (κ1) is 20.5. The topological polar surface area (TPSA) is 88.1 Å². The standard InChI is InChI=1S/C16H27N3O4S/c1-8-23-15(22)19-13(18-14(24-19)16(5,6)7)12(21)11(9(2)3)17-10(4)20/h9,11,13H,8H2,1-7H3,(H,17,20). The van der Waals surface area contributed by atoms with Crippen molar-refractivity contribution in [2.75, 3.05) is 6.61 Å². The number of hydrogen-bond donors (Lipinski definition) is 1. The van der Waals surface area contributed by atoms with Crippen LogP contribution in [-0.2, 0) is 14.3 Å². The minimum absolute atomic E-state index is 0.121. The largest absolute Gasteiger partial charge is 0.449 e. The van der Waals surface area contributed by atoms with Gasteiger partial charge < -0.3 is 10.1 Å². The van der Waals surface area contributed by atoms with Gasteiger partial charge >= 0.3 is 6.09 Å². The van der Waals surface area contributed by atoms with Gasteiger partial charge in [-0.25, -0.2) is 14.1 Å². The van der Waals surface area contributed by atoms with E-state index in [1.165, 1.54) is 11.2 Å². The Hall–Kier alpha value is -1.57. The second kappa shape index (κ2) is 8.00. The van der Waals surface area contributed by atoms with Gasteiger partial charge in [-0.05, 0) is 12.8 Å². The summed E-state index contributed by atoms with van der Waals surface area (Å²) in [5, 5.41) is 3.34. The fraction of sp³-hybridized carbons (Fsp3) is 0.750. The zero-order chi connectivity index (χ0) is 18.7. The Labute approximate surface area is 147 Å². The van der Waals surface area contributed by atoms with E-state index in [0.717, 1.165) is 11.9 Å². The van der Waals surface area contributed by atoms with Crippen molar-refractivity contribution in [3.05, 3.63) is 0 Å².